The van der Waals surface area contributed by atoms with E-state index in [0.29, 0.717) is 19.3 Å². The van der Waals surface area contributed by atoms with Crippen LogP contribution in [0.4, 0.5) is 0 Å². The molecular formula is C16H25NO2. The summed E-state index contributed by atoms with van der Waals surface area (Å²) in [6.45, 7) is 6.65. The lowest BCUT2D eigenvalue weighted by Gasteiger charge is -2.40. The molecule has 1 aliphatic carbocycles. The van der Waals surface area contributed by atoms with Gasteiger partial charge in [0.2, 0.25) is 0 Å². The number of aryl methyl sites for hydroxylation is 1. The van der Waals surface area contributed by atoms with E-state index in [0.717, 1.165) is 6.54 Å². The summed E-state index contributed by atoms with van der Waals surface area (Å²) in [5, 5.41) is 12.3. The van der Waals surface area contributed by atoms with Crippen molar-refractivity contribution in [1.29, 1.82) is 0 Å². The minimum absolute atomic E-state index is 0.0950. The van der Waals surface area contributed by atoms with E-state index in [1.54, 1.807) is 0 Å². The van der Waals surface area contributed by atoms with Gasteiger partial charge < -0.3 is 15.2 Å². The van der Waals surface area contributed by atoms with E-state index in [4.69, 9.17) is 9.84 Å². The predicted molar refractivity (Wildman–Crippen MR) is 77.2 cm³/mol. The van der Waals surface area contributed by atoms with Crippen LogP contribution in [-0.2, 0) is 11.2 Å². The molecule has 0 bridgehead atoms. The molecule has 1 aromatic rings. The van der Waals surface area contributed by atoms with Crippen LogP contribution in [-0.4, -0.2) is 31.5 Å². The quantitative estimate of drug-likeness (QED) is 0.774. The number of aliphatic hydroxyl groups excluding tert-OH is 1. The van der Waals surface area contributed by atoms with E-state index in [9.17, 15) is 0 Å². The second-order valence-corrected chi connectivity index (χ2v) is 5.91. The summed E-state index contributed by atoms with van der Waals surface area (Å²) in [6.07, 6.45) is 2.38. The van der Waals surface area contributed by atoms with E-state index in [1.165, 1.54) is 24.0 Å². The van der Waals surface area contributed by atoms with Gasteiger partial charge in [-0.3, -0.25) is 0 Å². The van der Waals surface area contributed by atoms with Crippen molar-refractivity contribution >= 4 is 0 Å². The van der Waals surface area contributed by atoms with Crippen molar-refractivity contribution in [1.82, 2.24) is 5.32 Å². The van der Waals surface area contributed by atoms with Gasteiger partial charge in [0, 0.05) is 12.6 Å². The number of ether oxygens (including phenoxy) is 1. The van der Waals surface area contributed by atoms with Gasteiger partial charge in [-0.25, -0.2) is 0 Å². The molecule has 0 spiro atoms. The van der Waals surface area contributed by atoms with Gasteiger partial charge >= 0.3 is 0 Å². The Labute approximate surface area is 116 Å². The van der Waals surface area contributed by atoms with Crippen LogP contribution in [0.1, 0.15) is 37.4 Å². The number of hydrogen-bond donors (Lipinski definition) is 2. The summed E-state index contributed by atoms with van der Waals surface area (Å²) in [5.74, 6) is 0. The molecule has 3 nitrogen and oxygen atoms in total. The average molecular weight is 263 g/mol. The van der Waals surface area contributed by atoms with Crippen molar-refractivity contribution in [2.75, 3.05) is 26.4 Å². The number of aliphatic hydroxyl groups is 1. The summed E-state index contributed by atoms with van der Waals surface area (Å²) in [5.41, 5.74) is 3.17. The van der Waals surface area contributed by atoms with Crippen molar-refractivity contribution in [3.05, 3.63) is 35.4 Å². The third kappa shape index (κ3) is 3.56. The first-order chi connectivity index (χ1) is 9.15. The number of hydrogen-bond acceptors (Lipinski definition) is 3. The molecule has 2 N–H and O–H groups in total. The second-order valence-electron chi connectivity index (χ2n) is 5.91. The molecule has 1 aliphatic rings. The van der Waals surface area contributed by atoms with Crippen molar-refractivity contribution in [2.45, 2.75) is 32.7 Å². The Balaban J connectivity index is 2.00. The minimum atomic E-state index is 0.0950. The van der Waals surface area contributed by atoms with Gasteiger partial charge in [-0.15, -0.1) is 0 Å². The highest BCUT2D eigenvalue weighted by atomic mass is 16.5. The maximum Gasteiger partial charge on any atom is 0.0698 e. The first-order valence-corrected chi connectivity index (χ1v) is 7.15. The number of fused-ring (bicyclic) bond motifs is 1. The highest BCUT2D eigenvalue weighted by Crippen LogP contribution is 2.43. The zero-order chi connectivity index (χ0) is 13.7. The number of benzene rings is 1. The molecule has 0 aliphatic heterocycles. The normalized spacial score (nSPS) is 21.1. The van der Waals surface area contributed by atoms with E-state index in [1.807, 2.05) is 0 Å². The van der Waals surface area contributed by atoms with Crippen LogP contribution in [0.2, 0.25) is 0 Å². The molecule has 0 radical (unpaired) electrons. The molecule has 0 heterocycles. The highest BCUT2D eigenvalue weighted by Gasteiger charge is 2.35. The summed E-state index contributed by atoms with van der Waals surface area (Å²) in [4.78, 5) is 0. The van der Waals surface area contributed by atoms with Crippen LogP contribution in [0.3, 0.4) is 0 Å². The highest BCUT2D eigenvalue weighted by molar-refractivity contribution is 5.34. The first-order valence-electron chi connectivity index (χ1n) is 7.15. The third-order valence-electron chi connectivity index (χ3n) is 4.02. The number of rotatable bonds is 6. The monoisotopic (exact) mass is 263 g/mol. The van der Waals surface area contributed by atoms with Crippen LogP contribution in [0, 0.1) is 5.41 Å². The molecule has 1 unspecified atom stereocenters. The zero-order valence-corrected chi connectivity index (χ0v) is 12.0. The van der Waals surface area contributed by atoms with Gasteiger partial charge in [-0.05, 0) is 29.4 Å². The molecule has 1 aromatic carbocycles. The first kappa shape index (κ1) is 14.5. The van der Waals surface area contributed by atoms with E-state index in [-0.39, 0.29) is 12.0 Å². The number of nitrogens with one attached hydrogen (secondary N) is 1. The minimum Gasteiger partial charge on any atom is -0.394 e. The molecule has 3 heteroatoms. The molecule has 19 heavy (non-hydrogen) atoms. The molecule has 0 amide bonds. The van der Waals surface area contributed by atoms with Crippen molar-refractivity contribution in [2.24, 2.45) is 5.41 Å². The molecule has 106 valence electrons. The molecule has 2 rings (SSSR count). The molecule has 0 saturated carbocycles. The van der Waals surface area contributed by atoms with E-state index in [2.05, 4.69) is 43.4 Å². The predicted octanol–water partition coefficient (Wildman–Crippen LogP) is 2.30. The largest absolute Gasteiger partial charge is 0.394 e. The fourth-order valence-corrected chi connectivity index (χ4v) is 2.89. The standard InChI is InChI=1S/C16H25NO2/c1-16(2)8-7-13-5-3-4-6-14(13)15(16)17-9-11-19-12-10-18/h3-6,15,17-18H,7-12H2,1-2H3. The third-order valence-corrected chi connectivity index (χ3v) is 4.02. The van der Waals surface area contributed by atoms with Crippen LogP contribution in [0.15, 0.2) is 24.3 Å². The maximum atomic E-state index is 8.68. The van der Waals surface area contributed by atoms with Crippen molar-refractivity contribution < 1.29 is 9.84 Å². The zero-order valence-electron chi connectivity index (χ0n) is 12.0. The second kappa shape index (κ2) is 6.51. The Morgan fingerprint density at radius 2 is 2.11 bits per heavy atom. The van der Waals surface area contributed by atoms with Gasteiger partial charge in [0.15, 0.2) is 0 Å². The van der Waals surface area contributed by atoms with Crippen molar-refractivity contribution in [3.8, 4) is 0 Å². The van der Waals surface area contributed by atoms with Crippen LogP contribution < -0.4 is 5.32 Å². The molecule has 0 saturated heterocycles. The molecular weight excluding hydrogens is 238 g/mol. The van der Waals surface area contributed by atoms with Gasteiger partial charge in [0.25, 0.3) is 0 Å². The van der Waals surface area contributed by atoms with Crippen LogP contribution >= 0.6 is 0 Å². The van der Waals surface area contributed by atoms with Gasteiger partial charge in [0.05, 0.1) is 19.8 Å². The summed E-state index contributed by atoms with van der Waals surface area (Å²) < 4.78 is 5.32. The Bertz CT molecular complexity index is 403. The molecule has 0 aromatic heterocycles. The Morgan fingerprint density at radius 3 is 2.89 bits per heavy atom. The lowest BCUT2D eigenvalue weighted by atomic mass is 9.70. The molecule has 1 atom stereocenters. The van der Waals surface area contributed by atoms with E-state index >= 15 is 0 Å². The SMILES string of the molecule is CC1(C)CCc2ccccc2C1NCCOCCO. The van der Waals surface area contributed by atoms with E-state index < -0.39 is 0 Å². The van der Waals surface area contributed by atoms with Crippen molar-refractivity contribution in [3.63, 3.8) is 0 Å². The Kier molecular flexibility index (Phi) is 4.97. The summed E-state index contributed by atoms with van der Waals surface area (Å²) in [6, 6.07) is 9.11. The lowest BCUT2D eigenvalue weighted by molar-refractivity contribution is 0.0876. The van der Waals surface area contributed by atoms with Gasteiger partial charge in [0.1, 0.15) is 0 Å². The van der Waals surface area contributed by atoms with Crippen LogP contribution in [0.5, 0.6) is 0 Å². The maximum absolute atomic E-state index is 8.68. The Morgan fingerprint density at radius 1 is 1.32 bits per heavy atom. The van der Waals surface area contributed by atoms with Crippen LogP contribution in [0.25, 0.3) is 0 Å². The smallest absolute Gasteiger partial charge is 0.0698 e. The molecule has 0 fully saturated rings. The van der Waals surface area contributed by atoms with Gasteiger partial charge in [-0.2, -0.15) is 0 Å². The fourth-order valence-electron chi connectivity index (χ4n) is 2.89. The fraction of sp³-hybridized carbons (Fsp3) is 0.625. The van der Waals surface area contributed by atoms with Gasteiger partial charge in [-0.1, -0.05) is 38.1 Å². The average Bonchev–Trinajstić information content (AvgIpc) is 2.40. The summed E-state index contributed by atoms with van der Waals surface area (Å²) in [7, 11) is 0. The lowest BCUT2D eigenvalue weighted by Crippen LogP contribution is -2.39. The summed E-state index contributed by atoms with van der Waals surface area (Å²) >= 11 is 0. The topological polar surface area (TPSA) is 41.5 Å². The Hall–Kier alpha value is -0.900.